The fourth-order valence-electron chi connectivity index (χ4n) is 4.20. The van der Waals surface area contributed by atoms with Gasteiger partial charge in [0.25, 0.3) is 0 Å². The average molecular weight is 480 g/mol. The molecule has 0 aromatic heterocycles. The Balaban J connectivity index is 1.70. The Morgan fingerprint density at radius 2 is 1.75 bits per heavy atom. The highest BCUT2D eigenvalue weighted by Gasteiger charge is 2.36. The number of carbonyl (C=O) groups is 1. The Hall–Kier alpha value is -2.14. The summed E-state index contributed by atoms with van der Waals surface area (Å²) >= 11 is 0. The van der Waals surface area contributed by atoms with Crippen molar-refractivity contribution in [1.29, 1.82) is 0 Å². The number of rotatable bonds is 7. The van der Waals surface area contributed by atoms with Crippen molar-refractivity contribution in [2.45, 2.75) is 56.8 Å². The quantitative estimate of drug-likeness (QED) is 0.214. The van der Waals surface area contributed by atoms with Gasteiger partial charge in [-0.15, -0.1) is 13.2 Å². The lowest BCUT2D eigenvalue weighted by Gasteiger charge is -2.40. The molecule has 0 N–H and O–H groups in total. The summed E-state index contributed by atoms with van der Waals surface area (Å²) < 4.78 is 60.5. The summed E-state index contributed by atoms with van der Waals surface area (Å²) in [6, 6.07) is 8.94. The van der Waals surface area contributed by atoms with Gasteiger partial charge in [0.1, 0.15) is 17.3 Å². The van der Waals surface area contributed by atoms with Gasteiger partial charge in [-0.3, -0.25) is 0 Å². The van der Waals surface area contributed by atoms with Gasteiger partial charge in [0.15, 0.2) is 0 Å². The van der Waals surface area contributed by atoms with Crippen molar-refractivity contribution in [3.8, 4) is 11.5 Å². The number of hydrogen-bond donors (Lipinski definition) is 0. The highest BCUT2D eigenvalue weighted by molar-refractivity contribution is 6.91. The van der Waals surface area contributed by atoms with E-state index in [1.807, 2.05) is 0 Å². The van der Waals surface area contributed by atoms with Crippen LogP contribution in [0.1, 0.15) is 61.4 Å². The largest absolute Gasteiger partial charge is 0.573 e. The van der Waals surface area contributed by atoms with Gasteiger partial charge in [0.2, 0.25) is 0 Å². The molecule has 0 heterocycles. The lowest BCUT2D eigenvalue weighted by molar-refractivity contribution is -0.274. The number of benzene rings is 2. The molecule has 0 aliphatic heterocycles. The molecule has 1 saturated carbocycles. The van der Waals surface area contributed by atoms with Crippen LogP contribution in [0.4, 0.5) is 17.6 Å². The van der Waals surface area contributed by atoms with Gasteiger partial charge < -0.3 is 9.47 Å². The zero-order valence-electron chi connectivity index (χ0n) is 17.6. The van der Waals surface area contributed by atoms with E-state index in [2.05, 4.69) is 21.4 Å². The molecule has 0 saturated heterocycles. The summed E-state index contributed by atoms with van der Waals surface area (Å²) in [4.78, 5) is 12.4. The zero-order valence-corrected chi connectivity index (χ0v) is 19.6. The Morgan fingerprint density at radius 3 is 2.28 bits per heavy atom. The molecule has 0 bridgehead atoms. The van der Waals surface area contributed by atoms with Crippen LogP contribution < -0.4 is 9.47 Å². The minimum atomic E-state index is -4.81. The van der Waals surface area contributed by atoms with Crippen molar-refractivity contribution in [1.82, 2.24) is 0 Å². The van der Waals surface area contributed by atoms with Gasteiger partial charge >= 0.3 is 12.3 Å². The predicted octanol–water partition coefficient (Wildman–Crippen LogP) is 5.92. The summed E-state index contributed by atoms with van der Waals surface area (Å²) in [5.74, 6) is -1.34. The average Bonchev–Trinajstić information content (AvgIpc) is 2.75. The Bertz CT molecular complexity index is 924. The van der Waals surface area contributed by atoms with Gasteiger partial charge in [0.05, 0.1) is 5.56 Å². The van der Waals surface area contributed by atoms with Gasteiger partial charge in [-0.1, -0.05) is 25.8 Å². The highest BCUT2D eigenvalue weighted by Crippen LogP contribution is 2.42. The van der Waals surface area contributed by atoms with E-state index < -0.39 is 23.9 Å². The third-order valence-electron chi connectivity index (χ3n) is 5.90. The second-order valence-electron chi connectivity index (χ2n) is 8.04. The molecule has 2 aromatic carbocycles. The predicted molar refractivity (Wildman–Crippen MR) is 115 cm³/mol. The molecule has 5 radical (unpaired) electrons. The van der Waals surface area contributed by atoms with Crippen molar-refractivity contribution >= 4 is 24.8 Å². The minimum Gasteiger partial charge on any atom is -0.423 e. The van der Waals surface area contributed by atoms with Gasteiger partial charge in [-0.05, 0) is 78.6 Å². The molecule has 0 amide bonds. The Morgan fingerprint density at radius 1 is 1.12 bits per heavy atom. The zero-order chi connectivity index (χ0) is 23.4. The van der Waals surface area contributed by atoms with Crippen molar-refractivity contribution in [3.05, 3.63) is 59.4 Å². The standard InChI is InChI=1S/C23H23F4O3Si2/c1-2-3-15-10-12-22(32-31,13-11-15)16-4-9-19(20(24)14-16)21(28)29-17-5-7-18(8-6-17)30-23(25,26)27/h4-9,14-15H,2-3,10-13H2,1H3. The Labute approximate surface area is 190 Å². The molecule has 0 spiro atoms. The van der Waals surface area contributed by atoms with Crippen LogP contribution in [0.5, 0.6) is 11.5 Å². The maximum absolute atomic E-state index is 14.9. The molecule has 1 aliphatic carbocycles. The molecule has 2 aromatic rings. The molecule has 1 aliphatic rings. The number of alkyl halides is 3. The molecule has 3 nitrogen and oxygen atoms in total. The first-order valence-corrected chi connectivity index (χ1v) is 13.0. The maximum Gasteiger partial charge on any atom is 0.573 e. The molecule has 169 valence electrons. The SMILES string of the molecule is CCCC1CCC([Si][Si])(c2ccc(C(=O)Oc3ccc(OC(F)(F)F)cc3)c(F)c2)CC1. The summed E-state index contributed by atoms with van der Waals surface area (Å²) in [6.07, 6.45) is 1.70. The monoisotopic (exact) mass is 479 g/mol. The van der Waals surface area contributed by atoms with E-state index in [4.69, 9.17) is 4.74 Å². The highest BCUT2D eigenvalue weighted by atomic mass is 29.1. The number of carbonyl (C=O) groups excluding carboxylic acids is 1. The van der Waals surface area contributed by atoms with E-state index in [0.717, 1.165) is 61.9 Å². The number of halogens is 4. The summed E-state index contributed by atoms with van der Waals surface area (Å²) in [5.41, 5.74) is 0.639. The first-order valence-electron chi connectivity index (χ1n) is 10.5. The van der Waals surface area contributed by atoms with Crippen molar-refractivity contribution in [2.24, 2.45) is 5.92 Å². The van der Waals surface area contributed by atoms with E-state index >= 15 is 0 Å². The third kappa shape index (κ3) is 6.01. The lowest BCUT2D eigenvalue weighted by Crippen LogP contribution is -2.38. The van der Waals surface area contributed by atoms with Crippen molar-refractivity contribution < 1.29 is 31.8 Å². The van der Waals surface area contributed by atoms with Gasteiger partial charge in [-0.25, -0.2) is 9.18 Å². The summed E-state index contributed by atoms with van der Waals surface area (Å²) in [5, 5.41) is -0.140. The molecule has 9 heteroatoms. The van der Waals surface area contributed by atoms with E-state index in [9.17, 15) is 22.4 Å². The van der Waals surface area contributed by atoms with Crippen LogP contribution in [0.15, 0.2) is 42.5 Å². The topological polar surface area (TPSA) is 35.5 Å². The van der Waals surface area contributed by atoms with E-state index in [0.29, 0.717) is 15.0 Å². The fourth-order valence-corrected chi connectivity index (χ4v) is 6.22. The van der Waals surface area contributed by atoms with Crippen molar-refractivity contribution in [2.75, 3.05) is 0 Å². The lowest BCUT2D eigenvalue weighted by atomic mass is 9.76. The maximum atomic E-state index is 14.9. The van der Waals surface area contributed by atoms with E-state index in [1.54, 1.807) is 6.07 Å². The summed E-state index contributed by atoms with van der Waals surface area (Å²) in [7, 11) is 4.13. The van der Waals surface area contributed by atoms with E-state index in [1.165, 1.54) is 18.6 Å². The second-order valence-corrected chi connectivity index (χ2v) is 10.00. The molecule has 0 atom stereocenters. The molecular formula is C23H23F4O3Si2. The van der Waals surface area contributed by atoms with Crippen LogP contribution in [-0.4, -0.2) is 31.1 Å². The molecule has 0 unspecified atom stereocenters. The normalized spacial score (nSPS) is 21.2. The Kier molecular flexibility index (Phi) is 7.81. The summed E-state index contributed by atoms with van der Waals surface area (Å²) in [6.45, 7) is 2.19. The van der Waals surface area contributed by atoms with E-state index in [-0.39, 0.29) is 16.4 Å². The third-order valence-corrected chi connectivity index (χ3v) is 8.61. The molecule has 3 rings (SSSR count). The molecule has 32 heavy (non-hydrogen) atoms. The van der Waals surface area contributed by atoms with Crippen LogP contribution in [-0.2, 0) is 5.04 Å². The van der Waals surface area contributed by atoms with Crippen LogP contribution in [0, 0.1) is 11.7 Å². The van der Waals surface area contributed by atoms with Crippen LogP contribution in [0.25, 0.3) is 0 Å². The van der Waals surface area contributed by atoms with Gasteiger partial charge in [0, 0.05) is 18.8 Å². The van der Waals surface area contributed by atoms with Crippen molar-refractivity contribution in [3.63, 3.8) is 0 Å². The van der Waals surface area contributed by atoms with Crippen LogP contribution in [0.3, 0.4) is 0 Å². The molecular weight excluding hydrogens is 456 g/mol. The smallest absolute Gasteiger partial charge is 0.423 e. The van der Waals surface area contributed by atoms with Crippen LogP contribution >= 0.6 is 0 Å². The first kappa shape index (κ1) is 24.5. The number of esters is 1. The molecule has 1 fully saturated rings. The number of ether oxygens (including phenoxy) is 2. The minimum absolute atomic E-state index is 0.0136. The first-order chi connectivity index (χ1) is 15.2. The second kappa shape index (κ2) is 10.2. The number of hydrogen-bond acceptors (Lipinski definition) is 3. The fraction of sp³-hybridized carbons (Fsp3) is 0.435. The van der Waals surface area contributed by atoms with Gasteiger partial charge in [-0.2, -0.15) is 0 Å². The van der Waals surface area contributed by atoms with Crippen LogP contribution in [0.2, 0.25) is 0 Å².